The zero-order valence-corrected chi connectivity index (χ0v) is 13.1. The molecule has 0 fully saturated rings. The van der Waals surface area contributed by atoms with Crippen molar-refractivity contribution in [2.45, 2.75) is 19.9 Å². The normalized spacial score (nSPS) is 12.2. The molecule has 0 aliphatic heterocycles. The highest BCUT2D eigenvalue weighted by atomic mass is 15.1. The molecule has 0 aliphatic carbocycles. The first-order valence-electron chi connectivity index (χ1n) is 7.04. The number of hydrogen-bond acceptors (Lipinski definition) is 2. The number of hydrogen-bond donors (Lipinski definition) is 1. The minimum atomic E-state index is 0.231. The third kappa shape index (κ3) is 3.02. The Morgan fingerprint density at radius 2 is 1.75 bits per heavy atom. The Morgan fingerprint density at radius 3 is 2.40 bits per heavy atom. The number of anilines is 1. The molecule has 0 saturated carbocycles. The van der Waals surface area contributed by atoms with Gasteiger partial charge in [0, 0.05) is 19.8 Å². The quantitative estimate of drug-likeness (QED) is 0.910. The number of aryl methyl sites for hydroxylation is 2. The Labute approximate surface area is 122 Å². The lowest BCUT2D eigenvalue weighted by Crippen LogP contribution is -2.19. The van der Waals surface area contributed by atoms with Crippen molar-refractivity contribution in [3.63, 3.8) is 0 Å². The van der Waals surface area contributed by atoms with Crippen LogP contribution in [0.15, 0.2) is 42.5 Å². The molecule has 0 aromatic heterocycles. The summed E-state index contributed by atoms with van der Waals surface area (Å²) in [5.74, 6) is 0. The van der Waals surface area contributed by atoms with E-state index in [1.165, 1.54) is 27.9 Å². The molecule has 0 saturated heterocycles. The van der Waals surface area contributed by atoms with E-state index in [2.05, 4.69) is 80.6 Å². The minimum Gasteiger partial charge on any atom is -0.378 e. The Balaban J connectivity index is 2.46. The van der Waals surface area contributed by atoms with E-state index in [0.717, 1.165) is 0 Å². The lowest BCUT2D eigenvalue weighted by atomic mass is 9.93. The molecule has 0 spiro atoms. The molecule has 2 heteroatoms. The van der Waals surface area contributed by atoms with E-state index in [0.29, 0.717) is 0 Å². The van der Waals surface area contributed by atoms with Crippen LogP contribution in [0, 0.1) is 13.8 Å². The van der Waals surface area contributed by atoms with E-state index >= 15 is 0 Å². The van der Waals surface area contributed by atoms with Crippen molar-refractivity contribution in [2.75, 3.05) is 26.0 Å². The van der Waals surface area contributed by atoms with Gasteiger partial charge in [-0.15, -0.1) is 0 Å². The van der Waals surface area contributed by atoms with Gasteiger partial charge in [-0.05, 0) is 49.7 Å². The number of benzene rings is 2. The largest absolute Gasteiger partial charge is 0.378 e. The second kappa shape index (κ2) is 6.10. The molecule has 0 heterocycles. The van der Waals surface area contributed by atoms with Crippen molar-refractivity contribution in [3.05, 3.63) is 64.7 Å². The van der Waals surface area contributed by atoms with E-state index in [1.807, 2.05) is 7.05 Å². The Kier molecular flexibility index (Phi) is 4.46. The van der Waals surface area contributed by atoms with Crippen LogP contribution >= 0.6 is 0 Å². The van der Waals surface area contributed by atoms with Gasteiger partial charge in [0.2, 0.25) is 0 Å². The first-order chi connectivity index (χ1) is 9.52. The van der Waals surface area contributed by atoms with Crippen LogP contribution < -0.4 is 10.2 Å². The standard InChI is InChI=1S/C18H24N2/c1-13-9-10-14(2)17(11-13)18(19-3)15-7-6-8-16(12-15)20(4)5/h6-12,18-19H,1-5H3. The minimum absolute atomic E-state index is 0.231. The van der Waals surface area contributed by atoms with Gasteiger partial charge in [-0.3, -0.25) is 0 Å². The summed E-state index contributed by atoms with van der Waals surface area (Å²) in [6.45, 7) is 4.32. The molecule has 0 aliphatic rings. The summed E-state index contributed by atoms with van der Waals surface area (Å²) in [5, 5.41) is 3.45. The van der Waals surface area contributed by atoms with Crippen LogP contribution in [-0.2, 0) is 0 Å². The molecular formula is C18H24N2. The Morgan fingerprint density at radius 1 is 1.00 bits per heavy atom. The van der Waals surface area contributed by atoms with Crippen LogP contribution in [0.5, 0.6) is 0 Å². The fourth-order valence-corrected chi connectivity index (χ4v) is 2.56. The number of nitrogens with one attached hydrogen (secondary N) is 1. The lowest BCUT2D eigenvalue weighted by Gasteiger charge is -2.22. The van der Waals surface area contributed by atoms with E-state index in [9.17, 15) is 0 Å². The van der Waals surface area contributed by atoms with Crippen LogP contribution in [0.2, 0.25) is 0 Å². The van der Waals surface area contributed by atoms with Crippen molar-refractivity contribution < 1.29 is 0 Å². The van der Waals surface area contributed by atoms with E-state index in [-0.39, 0.29) is 6.04 Å². The molecule has 0 amide bonds. The molecule has 1 unspecified atom stereocenters. The summed E-state index contributed by atoms with van der Waals surface area (Å²) >= 11 is 0. The molecule has 2 aromatic rings. The van der Waals surface area contributed by atoms with Gasteiger partial charge >= 0.3 is 0 Å². The van der Waals surface area contributed by atoms with Crippen LogP contribution in [0.1, 0.15) is 28.3 Å². The zero-order valence-electron chi connectivity index (χ0n) is 13.1. The van der Waals surface area contributed by atoms with Crippen LogP contribution in [0.4, 0.5) is 5.69 Å². The SMILES string of the molecule is CNC(c1cccc(N(C)C)c1)c1cc(C)ccc1C. The molecule has 20 heavy (non-hydrogen) atoms. The van der Waals surface area contributed by atoms with Crippen molar-refractivity contribution in [1.82, 2.24) is 5.32 Å². The molecule has 1 N–H and O–H groups in total. The lowest BCUT2D eigenvalue weighted by molar-refractivity contribution is 0.687. The van der Waals surface area contributed by atoms with Gasteiger partial charge in [0.1, 0.15) is 0 Å². The average Bonchev–Trinajstić information content (AvgIpc) is 2.44. The van der Waals surface area contributed by atoms with Gasteiger partial charge in [-0.1, -0.05) is 35.9 Å². The summed E-state index contributed by atoms with van der Waals surface area (Å²) in [5.41, 5.74) is 6.50. The monoisotopic (exact) mass is 268 g/mol. The summed E-state index contributed by atoms with van der Waals surface area (Å²) in [6.07, 6.45) is 0. The maximum Gasteiger partial charge on any atom is 0.0577 e. The van der Waals surface area contributed by atoms with E-state index in [1.54, 1.807) is 0 Å². The highest BCUT2D eigenvalue weighted by Crippen LogP contribution is 2.27. The summed E-state index contributed by atoms with van der Waals surface area (Å²) in [6, 6.07) is 15.6. The van der Waals surface area contributed by atoms with Crippen LogP contribution in [0.3, 0.4) is 0 Å². The van der Waals surface area contributed by atoms with E-state index in [4.69, 9.17) is 0 Å². The molecular weight excluding hydrogens is 244 g/mol. The summed E-state index contributed by atoms with van der Waals surface area (Å²) < 4.78 is 0. The number of nitrogens with zero attached hydrogens (tertiary/aromatic N) is 1. The zero-order chi connectivity index (χ0) is 14.7. The van der Waals surface area contributed by atoms with Crippen molar-refractivity contribution in [3.8, 4) is 0 Å². The predicted molar refractivity (Wildman–Crippen MR) is 87.6 cm³/mol. The van der Waals surface area contributed by atoms with Crippen LogP contribution in [-0.4, -0.2) is 21.1 Å². The first-order valence-corrected chi connectivity index (χ1v) is 7.04. The molecule has 2 nitrogen and oxygen atoms in total. The van der Waals surface area contributed by atoms with Gasteiger partial charge < -0.3 is 10.2 Å². The smallest absolute Gasteiger partial charge is 0.0577 e. The topological polar surface area (TPSA) is 15.3 Å². The maximum atomic E-state index is 3.45. The van der Waals surface area contributed by atoms with Gasteiger partial charge in [0.15, 0.2) is 0 Å². The summed E-state index contributed by atoms with van der Waals surface area (Å²) in [7, 11) is 6.17. The molecule has 106 valence electrons. The third-order valence-corrected chi connectivity index (χ3v) is 3.75. The van der Waals surface area contributed by atoms with Crippen LogP contribution in [0.25, 0.3) is 0 Å². The Hall–Kier alpha value is -1.80. The third-order valence-electron chi connectivity index (χ3n) is 3.75. The molecule has 2 aromatic carbocycles. The molecule has 0 bridgehead atoms. The average molecular weight is 268 g/mol. The van der Waals surface area contributed by atoms with Gasteiger partial charge in [0.25, 0.3) is 0 Å². The molecule has 0 radical (unpaired) electrons. The van der Waals surface area contributed by atoms with Gasteiger partial charge in [0.05, 0.1) is 6.04 Å². The second-order valence-corrected chi connectivity index (χ2v) is 5.57. The highest BCUT2D eigenvalue weighted by Gasteiger charge is 2.15. The van der Waals surface area contributed by atoms with Gasteiger partial charge in [-0.2, -0.15) is 0 Å². The van der Waals surface area contributed by atoms with Gasteiger partial charge in [-0.25, -0.2) is 0 Å². The predicted octanol–water partition coefficient (Wildman–Crippen LogP) is 3.68. The van der Waals surface area contributed by atoms with E-state index < -0.39 is 0 Å². The second-order valence-electron chi connectivity index (χ2n) is 5.57. The molecule has 2 rings (SSSR count). The van der Waals surface area contributed by atoms with Crippen molar-refractivity contribution >= 4 is 5.69 Å². The van der Waals surface area contributed by atoms with Crippen molar-refractivity contribution in [1.29, 1.82) is 0 Å². The maximum absolute atomic E-state index is 3.45. The number of rotatable bonds is 4. The van der Waals surface area contributed by atoms with Crippen molar-refractivity contribution in [2.24, 2.45) is 0 Å². The highest BCUT2D eigenvalue weighted by molar-refractivity contribution is 5.50. The first kappa shape index (κ1) is 14.6. The fraction of sp³-hybridized carbons (Fsp3) is 0.333. The fourth-order valence-electron chi connectivity index (χ4n) is 2.56. The molecule has 1 atom stereocenters. The Bertz CT molecular complexity index is 588. The summed E-state index contributed by atoms with van der Waals surface area (Å²) in [4.78, 5) is 2.14.